The van der Waals surface area contributed by atoms with Crippen molar-refractivity contribution in [3.63, 3.8) is 0 Å². The van der Waals surface area contributed by atoms with E-state index < -0.39 is 0 Å². The van der Waals surface area contributed by atoms with E-state index in [1.54, 1.807) is 20.3 Å². The van der Waals surface area contributed by atoms with Gasteiger partial charge in [-0.25, -0.2) is 4.98 Å². The first-order valence-electron chi connectivity index (χ1n) is 11.5. The van der Waals surface area contributed by atoms with E-state index in [2.05, 4.69) is 35.5 Å². The average Bonchev–Trinajstić information content (AvgIpc) is 3.25. The Morgan fingerprint density at radius 1 is 1.09 bits per heavy atom. The van der Waals surface area contributed by atoms with Crippen molar-refractivity contribution in [3.8, 4) is 22.8 Å². The van der Waals surface area contributed by atoms with Crippen LogP contribution in [0.1, 0.15) is 39.0 Å². The quantitative estimate of drug-likeness (QED) is 0.435. The van der Waals surface area contributed by atoms with Crippen molar-refractivity contribution in [1.82, 2.24) is 14.7 Å². The molecular formula is C25H33ClN4O2. The van der Waals surface area contributed by atoms with Crippen LogP contribution in [0.25, 0.3) is 16.9 Å². The van der Waals surface area contributed by atoms with Crippen LogP contribution in [0, 0.1) is 0 Å². The maximum absolute atomic E-state index is 6.37. The van der Waals surface area contributed by atoms with Crippen molar-refractivity contribution in [2.75, 3.05) is 38.8 Å². The second-order valence-corrected chi connectivity index (χ2v) is 8.79. The average molecular weight is 457 g/mol. The lowest BCUT2D eigenvalue weighted by atomic mass is 10.0. The Morgan fingerprint density at radius 2 is 1.88 bits per heavy atom. The zero-order chi connectivity index (χ0) is 22.5. The Bertz CT molecular complexity index is 1040. The van der Waals surface area contributed by atoms with Crippen molar-refractivity contribution in [2.24, 2.45) is 0 Å². The number of nitrogens with one attached hydrogen (secondary N) is 1. The second-order valence-electron chi connectivity index (χ2n) is 8.39. The molecule has 2 aromatic heterocycles. The van der Waals surface area contributed by atoms with Crippen LogP contribution in [0.15, 0.2) is 36.7 Å². The molecule has 1 aromatic carbocycles. The van der Waals surface area contributed by atoms with Crippen molar-refractivity contribution in [2.45, 2.75) is 45.1 Å². The lowest BCUT2D eigenvalue weighted by molar-refractivity contribution is 0.395. The predicted octanol–water partition coefficient (Wildman–Crippen LogP) is 5.42. The van der Waals surface area contributed by atoms with Gasteiger partial charge in [0.1, 0.15) is 17.1 Å². The number of methoxy groups -OCH3 is 2. The van der Waals surface area contributed by atoms with Gasteiger partial charge < -0.3 is 24.1 Å². The Hall–Kier alpha value is -2.44. The van der Waals surface area contributed by atoms with Gasteiger partial charge >= 0.3 is 0 Å². The molecule has 7 heteroatoms. The summed E-state index contributed by atoms with van der Waals surface area (Å²) in [7, 11) is 3.24. The summed E-state index contributed by atoms with van der Waals surface area (Å²) in [5.74, 6) is 1.27. The molecule has 6 nitrogen and oxygen atoms in total. The highest BCUT2D eigenvalue weighted by Crippen LogP contribution is 2.38. The normalized spacial score (nSPS) is 14.8. The summed E-state index contributed by atoms with van der Waals surface area (Å²) < 4.78 is 12.9. The standard InChI is InChI=1S/C25H33ClN4O2/c1-4-5-6-10-27-18-7-11-29(12-8-18)19-9-13-30-17-22(28-25(30)14-19)20-15-21(26)24(32-3)16-23(20)31-2/h9,13-18,27H,4-8,10-12H2,1-3H3. The number of halogens is 1. The molecule has 0 atom stereocenters. The summed E-state index contributed by atoms with van der Waals surface area (Å²) in [5, 5.41) is 4.26. The van der Waals surface area contributed by atoms with E-state index in [4.69, 9.17) is 26.1 Å². The van der Waals surface area contributed by atoms with E-state index in [-0.39, 0.29) is 0 Å². The van der Waals surface area contributed by atoms with Gasteiger partial charge in [-0.1, -0.05) is 31.4 Å². The lowest BCUT2D eigenvalue weighted by Crippen LogP contribution is -2.42. The molecule has 1 saturated heterocycles. The third-order valence-electron chi connectivity index (χ3n) is 6.27. The topological polar surface area (TPSA) is 51.0 Å². The molecular weight excluding hydrogens is 424 g/mol. The SMILES string of the molecule is CCCCCNC1CCN(c2ccn3cc(-c4cc(Cl)c(OC)cc4OC)nc3c2)CC1. The highest BCUT2D eigenvalue weighted by molar-refractivity contribution is 6.32. The number of ether oxygens (including phenoxy) is 2. The summed E-state index contributed by atoms with van der Waals surface area (Å²) in [6.07, 6.45) is 10.3. The minimum Gasteiger partial charge on any atom is -0.496 e. The molecule has 32 heavy (non-hydrogen) atoms. The minimum atomic E-state index is 0.534. The van der Waals surface area contributed by atoms with Gasteiger partial charge in [-0.15, -0.1) is 0 Å². The molecule has 172 valence electrons. The zero-order valence-electron chi connectivity index (χ0n) is 19.2. The van der Waals surface area contributed by atoms with Gasteiger partial charge in [0.15, 0.2) is 0 Å². The fourth-order valence-electron chi connectivity index (χ4n) is 4.38. The van der Waals surface area contributed by atoms with E-state index in [0.717, 1.165) is 36.5 Å². The largest absolute Gasteiger partial charge is 0.496 e. The predicted molar refractivity (Wildman–Crippen MR) is 132 cm³/mol. The number of unbranched alkanes of at least 4 members (excludes halogenated alkanes) is 2. The van der Waals surface area contributed by atoms with Crippen LogP contribution in [0.3, 0.4) is 0 Å². The van der Waals surface area contributed by atoms with Gasteiger partial charge in [-0.05, 0) is 37.9 Å². The number of anilines is 1. The number of fused-ring (bicyclic) bond motifs is 1. The van der Waals surface area contributed by atoms with Crippen LogP contribution in [0.2, 0.25) is 5.02 Å². The number of benzene rings is 1. The Balaban J connectivity index is 1.48. The smallest absolute Gasteiger partial charge is 0.141 e. The molecule has 0 unspecified atom stereocenters. The van der Waals surface area contributed by atoms with Gasteiger partial charge in [-0.2, -0.15) is 0 Å². The van der Waals surface area contributed by atoms with Crippen molar-refractivity contribution in [3.05, 3.63) is 41.7 Å². The molecule has 0 saturated carbocycles. The van der Waals surface area contributed by atoms with Crippen molar-refractivity contribution < 1.29 is 9.47 Å². The number of hydrogen-bond acceptors (Lipinski definition) is 5. The van der Waals surface area contributed by atoms with Crippen molar-refractivity contribution >= 4 is 22.9 Å². The van der Waals surface area contributed by atoms with Gasteiger partial charge in [0.2, 0.25) is 0 Å². The zero-order valence-corrected chi connectivity index (χ0v) is 20.0. The molecule has 3 heterocycles. The molecule has 0 amide bonds. The van der Waals surface area contributed by atoms with E-state index in [0.29, 0.717) is 22.6 Å². The summed E-state index contributed by atoms with van der Waals surface area (Å²) in [5.41, 5.74) is 3.79. The number of hydrogen-bond donors (Lipinski definition) is 1. The molecule has 0 spiro atoms. The third-order valence-corrected chi connectivity index (χ3v) is 6.56. The fourth-order valence-corrected chi connectivity index (χ4v) is 4.62. The molecule has 0 bridgehead atoms. The summed E-state index contributed by atoms with van der Waals surface area (Å²) in [6, 6.07) is 8.62. The molecule has 1 N–H and O–H groups in total. The van der Waals surface area contributed by atoms with E-state index >= 15 is 0 Å². The van der Waals surface area contributed by atoms with Crippen LogP contribution in [0.4, 0.5) is 5.69 Å². The Morgan fingerprint density at radius 3 is 2.59 bits per heavy atom. The molecule has 0 aliphatic carbocycles. The van der Waals surface area contributed by atoms with E-state index in [1.165, 1.54) is 37.8 Å². The monoisotopic (exact) mass is 456 g/mol. The van der Waals surface area contributed by atoms with E-state index in [9.17, 15) is 0 Å². The number of imidazole rings is 1. The fraction of sp³-hybridized carbons (Fsp3) is 0.480. The molecule has 1 aliphatic rings. The summed E-state index contributed by atoms with van der Waals surface area (Å²) >= 11 is 6.37. The van der Waals surface area contributed by atoms with E-state index in [1.807, 2.05) is 16.7 Å². The highest BCUT2D eigenvalue weighted by Gasteiger charge is 2.20. The van der Waals surface area contributed by atoms with Crippen LogP contribution in [0.5, 0.6) is 11.5 Å². The first-order valence-corrected chi connectivity index (χ1v) is 11.9. The number of aromatic nitrogens is 2. The van der Waals surface area contributed by atoms with Gasteiger partial charge in [0, 0.05) is 54.9 Å². The maximum atomic E-state index is 6.37. The number of rotatable bonds is 9. The van der Waals surface area contributed by atoms with Crippen LogP contribution >= 0.6 is 11.6 Å². The maximum Gasteiger partial charge on any atom is 0.141 e. The Kier molecular flexibility index (Phi) is 7.43. The van der Waals surface area contributed by atoms with Gasteiger partial charge in [0.05, 0.1) is 24.9 Å². The van der Waals surface area contributed by atoms with Crippen LogP contribution in [-0.2, 0) is 0 Å². The van der Waals surface area contributed by atoms with Gasteiger partial charge in [0.25, 0.3) is 0 Å². The van der Waals surface area contributed by atoms with Crippen LogP contribution in [-0.4, -0.2) is 49.3 Å². The summed E-state index contributed by atoms with van der Waals surface area (Å²) in [4.78, 5) is 7.32. The molecule has 3 aromatic rings. The first kappa shape index (κ1) is 22.7. The summed E-state index contributed by atoms with van der Waals surface area (Å²) in [6.45, 7) is 5.52. The minimum absolute atomic E-state index is 0.534. The van der Waals surface area contributed by atoms with Crippen molar-refractivity contribution in [1.29, 1.82) is 0 Å². The highest BCUT2D eigenvalue weighted by atomic mass is 35.5. The molecule has 1 fully saturated rings. The molecule has 1 aliphatic heterocycles. The van der Waals surface area contributed by atoms with Crippen LogP contribution < -0.4 is 19.7 Å². The number of pyridine rings is 1. The second kappa shape index (κ2) is 10.5. The third kappa shape index (κ3) is 4.97. The number of nitrogens with zero attached hydrogens (tertiary/aromatic N) is 3. The van der Waals surface area contributed by atoms with Gasteiger partial charge in [-0.3, -0.25) is 0 Å². The lowest BCUT2D eigenvalue weighted by Gasteiger charge is -2.34. The Labute approximate surface area is 195 Å². The molecule has 4 rings (SSSR count). The number of piperidine rings is 1. The first-order chi connectivity index (χ1) is 15.6. The molecule has 0 radical (unpaired) electrons.